The molecule has 2 aliphatic rings. The van der Waals surface area contributed by atoms with Crippen LogP contribution in [0.25, 0.3) is 0 Å². The molecule has 2 saturated heterocycles. The summed E-state index contributed by atoms with van der Waals surface area (Å²) in [4.78, 5) is 29.0. The molecule has 0 bridgehead atoms. The van der Waals surface area contributed by atoms with Gasteiger partial charge in [0.15, 0.2) is 0 Å². The highest BCUT2D eigenvalue weighted by Crippen LogP contribution is 2.19. The molecule has 2 amide bonds. The third-order valence-electron chi connectivity index (χ3n) is 5.40. The molecular formula is C20H38N4O3. The molecule has 7 heteroatoms. The van der Waals surface area contributed by atoms with Crippen LogP contribution >= 0.6 is 0 Å². The summed E-state index contributed by atoms with van der Waals surface area (Å²) in [5.74, 6) is 0.318. The summed E-state index contributed by atoms with van der Waals surface area (Å²) in [5.41, 5.74) is 0.0576. The fourth-order valence-corrected chi connectivity index (χ4v) is 4.05. The summed E-state index contributed by atoms with van der Waals surface area (Å²) in [6.07, 6.45) is 3.45. The van der Waals surface area contributed by atoms with E-state index < -0.39 is 0 Å². The van der Waals surface area contributed by atoms with E-state index in [0.717, 1.165) is 58.5 Å². The van der Waals surface area contributed by atoms with Crippen molar-refractivity contribution < 1.29 is 14.3 Å². The molecule has 2 heterocycles. The maximum absolute atomic E-state index is 12.5. The molecule has 2 N–H and O–H groups in total. The number of nitrogens with one attached hydrogen (secondary N) is 2. The number of ether oxygens (including phenoxy) is 1. The van der Waals surface area contributed by atoms with Gasteiger partial charge in [-0.15, -0.1) is 0 Å². The summed E-state index contributed by atoms with van der Waals surface area (Å²) in [6, 6.07) is 0.250. The molecule has 0 aromatic rings. The Morgan fingerprint density at radius 1 is 1.11 bits per heavy atom. The number of amides is 2. The molecule has 2 rings (SSSR count). The van der Waals surface area contributed by atoms with Crippen molar-refractivity contribution in [3.05, 3.63) is 0 Å². The molecule has 2 fully saturated rings. The fourth-order valence-electron chi connectivity index (χ4n) is 4.05. The normalized spacial score (nSPS) is 20.6. The van der Waals surface area contributed by atoms with E-state index in [2.05, 4.69) is 48.4 Å². The fraction of sp³-hybridized carbons (Fsp3) is 0.900. The van der Waals surface area contributed by atoms with Crippen LogP contribution in [0.15, 0.2) is 0 Å². The molecule has 0 atom stereocenters. The number of piperidine rings is 1. The minimum absolute atomic E-state index is 0.0576. The van der Waals surface area contributed by atoms with Crippen LogP contribution in [-0.2, 0) is 14.3 Å². The van der Waals surface area contributed by atoms with E-state index in [-0.39, 0.29) is 29.2 Å². The molecular weight excluding hydrogens is 344 g/mol. The van der Waals surface area contributed by atoms with Crippen LogP contribution in [0.4, 0.5) is 0 Å². The van der Waals surface area contributed by atoms with Crippen molar-refractivity contribution in [1.29, 1.82) is 0 Å². The minimum atomic E-state index is 0.0576. The third-order valence-corrected chi connectivity index (χ3v) is 5.40. The average Bonchev–Trinajstić information content (AvgIpc) is 2.60. The lowest BCUT2D eigenvalue weighted by atomic mass is 9.91. The van der Waals surface area contributed by atoms with Crippen LogP contribution in [0.1, 0.15) is 39.5 Å². The van der Waals surface area contributed by atoms with E-state index in [9.17, 15) is 9.59 Å². The van der Waals surface area contributed by atoms with Gasteiger partial charge < -0.3 is 20.3 Å². The predicted octanol–water partition coefficient (Wildman–Crippen LogP) is 0.698. The van der Waals surface area contributed by atoms with Crippen molar-refractivity contribution in [3.8, 4) is 0 Å². The first-order valence-corrected chi connectivity index (χ1v) is 10.3. The maximum atomic E-state index is 12.5. The monoisotopic (exact) mass is 382 g/mol. The van der Waals surface area contributed by atoms with Gasteiger partial charge in [-0.2, -0.15) is 0 Å². The van der Waals surface area contributed by atoms with Gasteiger partial charge in [0.1, 0.15) is 0 Å². The second-order valence-corrected chi connectivity index (χ2v) is 9.12. The highest BCUT2D eigenvalue weighted by molar-refractivity contribution is 5.79. The van der Waals surface area contributed by atoms with E-state index >= 15 is 0 Å². The molecule has 156 valence electrons. The van der Waals surface area contributed by atoms with Crippen LogP contribution in [0.3, 0.4) is 0 Å². The lowest BCUT2D eigenvalue weighted by Gasteiger charge is -2.33. The molecule has 0 aliphatic carbocycles. The molecule has 7 nitrogen and oxygen atoms in total. The number of carbonyl (C=O) groups is 2. The smallest absolute Gasteiger partial charge is 0.234 e. The minimum Gasteiger partial charge on any atom is -0.381 e. The Morgan fingerprint density at radius 2 is 1.74 bits per heavy atom. The lowest BCUT2D eigenvalue weighted by Crippen LogP contribution is -2.48. The summed E-state index contributed by atoms with van der Waals surface area (Å²) in [6.45, 7) is 9.49. The standard InChI is InChI=1S/C20H38N4O3/c1-20(2,15-23(3)4)14-21-19(26)16-5-9-24(10-6-16)13-18(25)22-17-7-11-27-12-8-17/h16-17H,5-15H2,1-4H3,(H,21,26)(H,22,25). The molecule has 27 heavy (non-hydrogen) atoms. The molecule has 0 radical (unpaired) electrons. The van der Waals surface area contributed by atoms with Crippen molar-refractivity contribution in [2.24, 2.45) is 11.3 Å². The molecule has 0 aromatic carbocycles. The largest absolute Gasteiger partial charge is 0.381 e. The Morgan fingerprint density at radius 3 is 2.33 bits per heavy atom. The van der Waals surface area contributed by atoms with Gasteiger partial charge in [-0.3, -0.25) is 14.5 Å². The quantitative estimate of drug-likeness (QED) is 0.646. The van der Waals surface area contributed by atoms with Crippen molar-refractivity contribution >= 4 is 11.8 Å². The zero-order valence-electron chi connectivity index (χ0n) is 17.6. The number of hydrogen-bond donors (Lipinski definition) is 2. The van der Waals surface area contributed by atoms with Crippen molar-refractivity contribution in [2.45, 2.75) is 45.6 Å². The first kappa shape index (κ1) is 22.1. The predicted molar refractivity (Wildman–Crippen MR) is 106 cm³/mol. The number of rotatable bonds is 8. The Kier molecular flexibility index (Phi) is 8.51. The molecule has 0 spiro atoms. The summed E-state index contributed by atoms with van der Waals surface area (Å²) in [5, 5.41) is 6.24. The van der Waals surface area contributed by atoms with Crippen molar-refractivity contribution in [1.82, 2.24) is 20.4 Å². The van der Waals surface area contributed by atoms with Gasteiger partial charge in [-0.05, 0) is 58.3 Å². The van der Waals surface area contributed by atoms with Crippen LogP contribution in [-0.4, -0.2) is 87.7 Å². The SMILES string of the molecule is CN(C)CC(C)(C)CNC(=O)C1CCN(CC(=O)NC2CCOCC2)CC1. The van der Waals surface area contributed by atoms with Crippen molar-refractivity contribution in [3.63, 3.8) is 0 Å². The van der Waals surface area contributed by atoms with Crippen molar-refractivity contribution in [2.75, 3.05) is 60.0 Å². The second-order valence-electron chi connectivity index (χ2n) is 9.12. The van der Waals surface area contributed by atoms with Crippen LogP contribution in [0.5, 0.6) is 0 Å². The first-order chi connectivity index (χ1) is 12.7. The van der Waals surface area contributed by atoms with E-state index in [4.69, 9.17) is 4.74 Å². The summed E-state index contributed by atoms with van der Waals surface area (Å²) >= 11 is 0. The molecule has 0 aromatic heterocycles. The average molecular weight is 383 g/mol. The second kappa shape index (κ2) is 10.4. The zero-order chi connectivity index (χ0) is 19.9. The maximum Gasteiger partial charge on any atom is 0.234 e. The number of hydrogen-bond acceptors (Lipinski definition) is 5. The van der Waals surface area contributed by atoms with Crippen LogP contribution in [0.2, 0.25) is 0 Å². The van der Waals surface area contributed by atoms with E-state index in [1.165, 1.54) is 0 Å². The van der Waals surface area contributed by atoms with Gasteiger partial charge in [0.25, 0.3) is 0 Å². The first-order valence-electron chi connectivity index (χ1n) is 10.3. The van der Waals surface area contributed by atoms with Gasteiger partial charge in [-0.1, -0.05) is 13.8 Å². The third kappa shape index (κ3) is 8.15. The number of carbonyl (C=O) groups excluding carboxylic acids is 2. The topological polar surface area (TPSA) is 73.9 Å². The van der Waals surface area contributed by atoms with E-state index in [1.807, 2.05) is 0 Å². The van der Waals surface area contributed by atoms with E-state index in [1.54, 1.807) is 0 Å². The molecule has 2 aliphatic heterocycles. The Balaban J connectivity index is 1.65. The lowest BCUT2D eigenvalue weighted by molar-refractivity contribution is -0.127. The van der Waals surface area contributed by atoms with Gasteiger partial charge in [0.05, 0.1) is 6.54 Å². The van der Waals surface area contributed by atoms with Crippen LogP contribution < -0.4 is 10.6 Å². The van der Waals surface area contributed by atoms with Gasteiger partial charge in [0, 0.05) is 38.3 Å². The Bertz CT molecular complexity index is 482. The van der Waals surface area contributed by atoms with Gasteiger partial charge in [-0.25, -0.2) is 0 Å². The van der Waals surface area contributed by atoms with E-state index in [0.29, 0.717) is 13.1 Å². The highest BCUT2D eigenvalue weighted by atomic mass is 16.5. The summed E-state index contributed by atoms with van der Waals surface area (Å²) in [7, 11) is 4.11. The van der Waals surface area contributed by atoms with Gasteiger partial charge >= 0.3 is 0 Å². The number of likely N-dealkylation sites (tertiary alicyclic amines) is 1. The van der Waals surface area contributed by atoms with Crippen LogP contribution in [0, 0.1) is 11.3 Å². The molecule has 0 saturated carbocycles. The Labute approximate surface area is 164 Å². The summed E-state index contributed by atoms with van der Waals surface area (Å²) < 4.78 is 5.32. The highest BCUT2D eigenvalue weighted by Gasteiger charge is 2.28. The zero-order valence-corrected chi connectivity index (χ0v) is 17.6. The number of nitrogens with zero attached hydrogens (tertiary/aromatic N) is 2. The van der Waals surface area contributed by atoms with Gasteiger partial charge in [0.2, 0.25) is 11.8 Å². The molecule has 0 unspecified atom stereocenters. The Hall–Kier alpha value is -1.18.